The average Bonchev–Trinajstić information content (AvgIpc) is 4.43. The Kier molecular flexibility index (Phi) is 22.3. The van der Waals surface area contributed by atoms with Gasteiger partial charge < -0.3 is 28.2 Å². The summed E-state index contributed by atoms with van der Waals surface area (Å²) in [4.78, 5) is 13.8. The van der Waals surface area contributed by atoms with Gasteiger partial charge in [0, 0.05) is 34.7 Å². The van der Waals surface area contributed by atoms with Crippen LogP contribution in [0, 0.1) is 18.2 Å². The van der Waals surface area contributed by atoms with Gasteiger partial charge in [-0.2, -0.15) is 0 Å². The van der Waals surface area contributed by atoms with Crippen LogP contribution in [0.15, 0.2) is 177 Å². The maximum absolute atomic E-state index is 6.14. The van der Waals surface area contributed by atoms with Crippen LogP contribution in [0.5, 0.6) is 0 Å². The van der Waals surface area contributed by atoms with Crippen molar-refractivity contribution in [3.8, 4) is 33.8 Å². The van der Waals surface area contributed by atoms with E-state index in [-0.39, 0.29) is 20.1 Å². The summed E-state index contributed by atoms with van der Waals surface area (Å²) in [6.07, 6.45) is 32.8. The third-order valence-corrected chi connectivity index (χ3v) is 15.7. The van der Waals surface area contributed by atoms with Crippen molar-refractivity contribution in [3.63, 3.8) is 0 Å². The van der Waals surface area contributed by atoms with Gasteiger partial charge in [0.15, 0.2) is 0 Å². The van der Waals surface area contributed by atoms with E-state index in [4.69, 9.17) is 13.3 Å². The number of aromatic nitrogens is 3. The molecule has 12 aromatic rings. The van der Waals surface area contributed by atoms with Gasteiger partial charge >= 0.3 is 20.1 Å². The van der Waals surface area contributed by atoms with Crippen LogP contribution in [0.4, 0.5) is 0 Å². The molecule has 7 heteroatoms. The molecule has 82 heavy (non-hydrogen) atoms. The van der Waals surface area contributed by atoms with Gasteiger partial charge in [-0.15, -0.1) is 54.6 Å². The zero-order chi connectivity index (χ0) is 55.4. The van der Waals surface area contributed by atoms with Crippen LogP contribution in [-0.4, -0.2) is 15.0 Å². The largest absolute Gasteiger partial charge is 3.00 e. The van der Waals surface area contributed by atoms with Gasteiger partial charge in [0.2, 0.25) is 0 Å². The zero-order valence-electron chi connectivity index (χ0n) is 48.3. The number of benzene rings is 6. The zero-order valence-corrected chi connectivity index (χ0v) is 50.7. The third-order valence-electron chi connectivity index (χ3n) is 15.7. The Morgan fingerprint density at radius 2 is 0.598 bits per heavy atom. The summed E-state index contributed by atoms with van der Waals surface area (Å²) in [5, 5.41) is 6.82. The van der Waals surface area contributed by atoms with E-state index in [0.717, 1.165) is 119 Å². The van der Waals surface area contributed by atoms with Crippen LogP contribution in [-0.2, 0) is 39.4 Å². The van der Waals surface area contributed by atoms with Gasteiger partial charge in [0.1, 0.15) is 16.7 Å². The van der Waals surface area contributed by atoms with Crippen LogP contribution in [0.3, 0.4) is 0 Å². The molecule has 0 atom stereocenters. The molecule has 0 aliphatic carbocycles. The summed E-state index contributed by atoms with van der Waals surface area (Å²) in [7, 11) is 0. The smallest absolute Gasteiger partial charge is 0.501 e. The first-order valence-corrected chi connectivity index (χ1v) is 30.4. The van der Waals surface area contributed by atoms with Crippen molar-refractivity contribution in [3.05, 3.63) is 199 Å². The average molecular weight is 1260 g/mol. The van der Waals surface area contributed by atoms with E-state index in [0.29, 0.717) is 0 Å². The molecule has 0 spiro atoms. The molecule has 6 nitrogen and oxygen atoms in total. The Labute approximate surface area is 499 Å². The van der Waals surface area contributed by atoms with Gasteiger partial charge in [-0.25, -0.2) is 0 Å². The fraction of sp³-hybridized carbons (Fsp3) is 0.320. The Morgan fingerprint density at radius 3 is 0.902 bits per heavy atom. The van der Waals surface area contributed by atoms with Crippen molar-refractivity contribution in [2.45, 2.75) is 156 Å². The molecule has 420 valence electrons. The summed E-state index contributed by atoms with van der Waals surface area (Å²) in [6, 6.07) is 59.7. The van der Waals surface area contributed by atoms with E-state index in [1.807, 2.05) is 91.4 Å². The number of aryl methyl sites for hydroxylation is 3. The SMILES string of the molecule is CCCCCCCCc1ccnc(-c2[c-]ccc3c2oc2ccccc23)c1.CCCCCCCCc1ccnc(-c2[c-]ccc3c2oc2ccccc23)c1.CCCCCCCCc1ccnc(-c2[c-]ccc3c2oc2ccccc23)c1.[Ir+3]. The number of unbranched alkanes of at least 4 members (excludes halogenated alkanes) is 15. The standard InChI is InChI=1S/3C25H26NO.Ir/c3*1-2-3-4-5-6-7-11-19-16-17-26-23(18-19)22-14-10-13-21-20-12-8-9-15-24(20)27-25(21)22;/h3*8-10,12-13,15-18H,2-7,11H2,1H3;/q3*-1;+3. The van der Waals surface area contributed by atoms with E-state index < -0.39 is 0 Å². The van der Waals surface area contributed by atoms with Crippen LogP contribution < -0.4 is 0 Å². The summed E-state index contributed by atoms with van der Waals surface area (Å²) in [6.45, 7) is 6.79. The Bertz CT molecular complexity index is 3500. The van der Waals surface area contributed by atoms with E-state index in [2.05, 4.69) is 127 Å². The van der Waals surface area contributed by atoms with Gasteiger partial charge in [0.05, 0.1) is 16.7 Å². The normalized spacial score (nSPS) is 11.3. The van der Waals surface area contributed by atoms with Crippen LogP contribution in [0.2, 0.25) is 0 Å². The molecule has 0 N–H and O–H groups in total. The van der Waals surface area contributed by atoms with E-state index in [9.17, 15) is 0 Å². The number of para-hydroxylation sites is 3. The van der Waals surface area contributed by atoms with Crippen LogP contribution in [0.1, 0.15) is 153 Å². The molecule has 12 rings (SSSR count). The minimum atomic E-state index is 0. The molecule has 0 fully saturated rings. The number of hydrogen-bond acceptors (Lipinski definition) is 6. The minimum Gasteiger partial charge on any atom is -0.501 e. The number of nitrogens with zero attached hydrogens (tertiary/aromatic N) is 3. The first-order chi connectivity index (χ1) is 40.1. The third kappa shape index (κ3) is 15.1. The molecule has 0 aliphatic rings. The van der Waals surface area contributed by atoms with Gasteiger partial charge in [0.25, 0.3) is 0 Å². The van der Waals surface area contributed by atoms with Crippen molar-refractivity contribution >= 4 is 65.8 Å². The summed E-state index contributed by atoms with van der Waals surface area (Å²) < 4.78 is 18.4. The Morgan fingerprint density at radius 1 is 0.317 bits per heavy atom. The maximum Gasteiger partial charge on any atom is 3.00 e. The molecular weight excluding hydrogens is 1180 g/mol. The van der Waals surface area contributed by atoms with Crippen molar-refractivity contribution in [2.24, 2.45) is 0 Å². The second kappa shape index (κ2) is 30.8. The molecule has 0 saturated heterocycles. The van der Waals surface area contributed by atoms with Crippen LogP contribution in [0.25, 0.3) is 99.6 Å². The summed E-state index contributed by atoms with van der Waals surface area (Å²) in [5.41, 5.74) is 15.1. The number of fused-ring (bicyclic) bond motifs is 9. The molecule has 0 radical (unpaired) electrons. The molecule has 6 heterocycles. The number of rotatable bonds is 24. The monoisotopic (exact) mass is 1260 g/mol. The topological polar surface area (TPSA) is 78.1 Å². The van der Waals surface area contributed by atoms with Gasteiger partial charge in [-0.3, -0.25) is 0 Å². The summed E-state index contributed by atoms with van der Waals surface area (Å²) >= 11 is 0. The first-order valence-electron chi connectivity index (χ1n) is 30.4. The van der Waals surface area contributed by atoms with E-state index in [1.165, 1.54) is 132 Å². The summed E-state index contributed by atoms with van der Waals surface area (Å²) in [5.74, 6) is 0. The molecule has 0 amide bonds. The van der Waals surface area contributed by atoms with Crippen molar-refractivity contribution in [2.75, 3.05) is 0 Å². The fourth-order valence-corrected chi connectivity index (χ4v) is 11.3. The molecule has 6 aromatic heterocycles. The molecule has 0 aliphatic heterocycles. The predicted molar refractivity (Wildman–Crippen MR) is 339 cm³/mol. The van der Waals surface area contributed by atoms with Crippen molar-refractivity contribution in [1.29, 1.82) is 0 Å². The molecule has 6 aromatic carbocycles. The second-order valence-electron chi connectivity index (χ2n) is 21.8. The number of hydrogen-bond donors (Lipinski definition) is 0. The Hall–Kier alpha value is -7.18. The van der Waals surface area contributed by atoms with E-state index >= 15 is 0 Å². The van der Waals surface area contributed by atoms with Gasteiger partial charge in [-0.1, -0.05) is 239 Å². The number of furan rings is 3. The maximum atomic E-state index is 6.14. The van der Waals surface area contributed by atoms with Gasteiger partial charge in [-0.05, 0) is 92.0 Å². The molecule has 0 bridgehead atoms. The van der Waals surface area contributed by atoms with Crippen molar-refractivity contribution < 1.29 is 33.4 Å². The number of pyridine rings is 3. The van der Waals surface area contributed by atoms with Crippen molar-refractivity contribution in [1.82, 2.24) is 15.0 Å². The van der Waals surface area contributed by atoms with E-state index in [1.54, 1.807) is 0 Å². The molecular formula is C75H78IrN3O3. The first kappa shape index (κ1) is 59.4. The van der Waals surface area contributed by atoms with Crippen LogP contribution >= 0.6 is 0 Å². The quantitative estimate of drug-likeness (QED) is 0.0443. The molecule has 0 saturated carbocycles. The second-order valence-corrected chi connectivity index (χ2v) is 21.8. The minimum absolute atomic E-state index is 0. The fourth-order valence-electron chi connectivity index (χ4n) is 11.3. The predicted octanol–water partition coefficient (Wildman–Crippen LogP) is 22.1. The molecule has 0 unspecified atom stereocenters. The Balaban J connectivity index is 0.000000147.